The third kappa shape index (κ3) is 6.07. The van der Waals surface area contributed by atoms with Crippen LogP contribution in [0.1, 0.15) is 13.8 Å². The molecule has 1 atom stereocenters. The van der Waals surface area contributed by atoms with Gasteiger partial charge in [-0.2, -0.15) is 0 Å². The van der Waals surface area contributed by atoms with Gasteiger partial charge in [0.15, 0.2) is 0 Å². The predicted molar refractivity (Wildman–Crippen MR) is 33.4 cm³/mol. The molecule has 0 amide bonds. The fourth-order valence-corrected chi connectivity index (χ4v) is 0.492. The third-order valence-electron chi connectivity index (χ3n) is 0.401. The SMILES string of the molecule is CC(C)ONS(C)=O. The van der Waals surface area contributed by atoms with Crippen molar-refractivity contribution in [2.24, 2.45) is 0 Å². The van der Waals surface area contributed by atoms with Crippen molar-refractivity contribution in [3.05, 3.63) is 0 Å². The molecule has 3 nitrogen and oxygen atoms in total. The summed E-state index contributed by atoms with van der Waals surface area (Å²) in [6.07, 6.45) is 1.60. The van der Waals surface area contributed by atoms with E-state index in [1.807, 2.05) is 13.8 Å². The van der Waals surface area contributed by atoms with E-state index in [2.05, 4.69) is 4.89 Å². The monoisotopic (exact) mass is 137 g/mol. The number of hydrogen-bond acceptors (Lipinski definition) is 2. The van der Waals surface area contributed by atoms with Gasteiger partial charge in [0.1, 0.15) is 11.0 Å². The molecule has 50 valence electrons. The molecule has 0 aliphatic rings. The molecule has 0 aliphatic heterocycles. The van der Waals surface area contributed by atoms with Crippen molar-refractivity contribution in [2.75, 3.05) is 6.26 Å². The second kappa shape index (κ2) is 4.00. The van der Waals surface area contributed by atoms with E-state index in [-0.39, 0.29) is 6.10 Å². The quantitative estimate of drug-likeness (QED) is 0.565. The molecule has 1 N–H and O–H groups in total. The molecule has 0 aliphatic carbocycles. The summed E-state index contributed by atoms with van der Waals surface area (Å²) >= 11 is 0. The van der Waals surface area contributed by atoms with E-state index < -0.39 is 11.0 Å². The Morgan fingerprint density at radius 3 is 2.25 bits per heavy atom. The van der Waals surface area contributed by atoms with E-state index >= 15 is 0 Å². The molecule has 0 aromatic heterocycles. The molecular weight excluding hydrogens is 126 g/mol. The van der Waals surface area contributed by atoms with Crippen molar-refractivity contribution in [3.8, 4) is 0 Å². The van der Waals surface area contributed by atoms with Crippen molar-refractivity contribution >= 4 is 11.0 Å². The minimum absolute atomic E-state index is 0.0823. The Bertz CT molecular complexity index is 84.1. The zero-order chi connectivity index (χ0) is 6.57. The lowest BCUT2D eigenvalue weighted by molar-refractivity contribution is 0.0444. The first kappa shape index (κ1) is 8.07. The van der Waals surface area contributed by atoms with Crippen molar-refractivity contribution in [2.45, 2.75) is 20.0 Å². The van der Waals surface area contributed by atoms with Crippen LogP contribution in [0.5, 0.6) is 0 Å². The maximum absolute atomic E-state index is 10.2. The zero-order valence-corrected chi connectivity index (χ0v) is 6.12. The summed E-state index contributed by atoms with van der Waals surface area (Å²) in [5.74, 6) is 0. The molecule has 0 rings (SSSR count). The van der Waals surface area contributed by atoms with Gasteiger partial charge >= 0.3 is 0 Å². The van der Waals surface area contributed by atoms with Crippen LogP contribution in [0, 0.1) is 0 Å². The molecule has 0 aromatic rings. The summed E-state index contributed by atoms with van der Waals surface area (Å²) in [5.41, 5.74) is 0. The standard InChI is InChI=1S/C4H11NO2S/c1-4(2)7-5-8(3)6/h4-5H,1-3H3. The molecule has 0 heterocycles. The highest BCUT2D eigenvalue weighted by atomic mass is 32.2. The van der Waals surface area contributed by atoms with Crippen LogP contribution in [0.3, 0.4) is 0 Å². The lowest BCUT2D eigenvalue weighted by Gasteiger charge is -2.03. The average Bonchev–Trinajstić information content (AvgIpc) is 1.61. The van der Waals surface area contributed by atoms with Gasteiger partial charge in [-0.25, -0.2) is 4.21 Å². The van der Waals surface area contributed by atoms with Gasteiger partial charge < -0.3 is 0 Å². The van der Waals surface area contributed by atoms with Crippen LogP contribution in [0.2, 0.25) is 0 Å². The van der Waals surface area contributed by atoms with Gasteiger partial charge in [0.05, 0.1) is 6.10 Å². The van der Waals surface area contributed by atoms with E-state index in [0.29, 0.717) is 0 Å². The summed E-state index contributed by atoms with van der Waals surface area (Å²) in [5, 5.41) is 0. The Morgan fingerprint density at radius 2 is 2.12 bits per heavy atom. The summed E-state index contributed by atoms with van der Waals surface area (Å²) in [6.45, 7) is 3.72. The number of nitrogens with one attached hydrogen (secondary N) is 1. The molecule has 8 heavy (non-hydrogen) atoms. The van der Waals surface area contributed by atoms with Crippen molar-refractivity contribution < 1.29 is 9.05 Å². The molecule has 0 radical (unpaired) electrons. The minimum atomic E-state index is -1.06. The smallest absolute Gasteiger partial charge is 0.112 e. The van der Waals surface area contributed by atoms with Gasteiger partial charge in [-0.1, -0.05) is 0 Å². The van der Waals surface area contributed by atoms with E-state index in [4.69, 9.17) is 4.84 Å². The first-order valence-corrected chi connectivity index (χ1v) is 3.93. The van der Waals surface area contributed by atoms with E-state index in [9.17, 15) is 4.21 Å². The van der Waals surface area contributed by atoms with E-state index in [1.165, 1.54) is 6.26 Å². The lowest BCUT2D eigenvalue weighted by atomic mass is 10.5. The summed E-state index contributed by atoms with van der Waals surface area (Å²) in [7, 11) is -1.06. The Kier molecular flexibility index (Phi) is 4.03. The van der Waals surface area contributed by atoms with Crippen molar-refractivity contribution in [1.82, 2.24) is 4.89 Å². The van der Waals surface area contributed by atoms with Crippen LogP contribution in [-0.2, 0) is 15.8 Å². The van der Waals surface area contributed by atoms with Gasteiger partial charge in [0, 0.05) is 6.26 Å². The van der Waals surface area contributed by atoms with Crippen LogP contribution in [-0.4, -0.2) is 16.6 Å². The fraction of sp³-hybridized carbons (Fsp3) is 1.00. The first-order chi connectivity index (χ1) is 3.63. The molecule has 0 fully saturated rings. The molecule has 1 unspecified atom stereocenters. The number of hydrogen-bond donors (Lipinski definition) is 1. The third-order valence-corrected chi connectivity index (χ3v) is 0.732. The molecule has 0 bridgehead atoms. The lowest BCUT2D eigenvalue weighted by Crippen LogP contribution is -2.20. The van der Waals surface area contributed by atoms with Crippen molar-refractivity contribution in [3.63, 3.8) is 0 Å². The Morgan fingerprint density at radius 1 is 1.62 bits per heavy atom. The maximum Gasteiger partial charge on any atom is 0.112 e. The highest BCUT2D eigenvalue weighted by Crippen LogP contribution is 1.81. The second-order valence-corrected chi connectivity index (χ2v) is 2.78. The molecule has 0 saturated heterocycles. The zero-order valence-electron chi connectivity index (χ0n) is 5.30. The average molecular weight is 137 g/mol. The molecule has 4 heteroatoms. The van der Waals surface area contributed by atoms with Crippen LogP contribution in [0.15, 0.2) is 0 Å². The van der Waals surface area contributed by atoms with Gasteiger partial charge in [-0.15, -0.1) is 4.89 Å². The van der Waals surface area contributed by atoms with Gasteiger partial charge in [-0.05, 0) is 13.8 Å². The van der Waals surface area contributed by atoms with Gasteiger partial charge in [-0.3, -0.25) is 4.84 Å². The molecular formula is C4H11NO2S. The predicted octanol–water partition coefficient (Wildman–Crippen LogP) is 0.210. The second-order valence-electron chi connectivity index (χ2n) is 1.70. The summed E-state index contributed by atoms with van der Waals surface area (Å²) < 4.78 is 10.2. The van der Waals surface area contributed by atoms with Gasteiger partial charge in [0.25, 0.3) is 0 Å². The summed E-state index contributed by atoms with van der Waals surface area (Å²) in [6, 6.07) is 0. The fourth-order valence-electron chi connectivity index (χ4n) is 0.164. The van der Waals surface area contributed by atoms with Gasteiger partial charge in [0.2, 0.25) is 0 Å². The van der Waals surface area contributed by atoms with Crippen LogP contribution in [0.25, 0.3) is 0 Å². The Hall–Kier alpha value is 0.0700. The van der Waals surface area contributed by atoms with Crippen molar-refractivity contribution in [1.29, 1.82) is 0 Å². The first-order valence-electron chi connectivity index (χ1n) is 2.37. The largest absolute Gasteiger partial charge is 0.286 e. The van der Waals surface area contributed by atoms with Crippen LogP contribution < -0.4 is 4.89 Å². The summed E-state index contributed by atoms with van der Waals surface area (Å²) in [4.78, 5) is 7.07. The molecule has 0 spiro atoms. The van der Waals surface area contributed by atoms with Crippen LogP contribution in [0.4, 0.5) is 0 Å². The molecule has 0 aromatic carbocycles. The van der Waals surface area contributed by atoms with Crippen LogP contribution >= 0.6 is 0 Å². The Balaban J connectivity index is 3.05. The highest BCUT2D eigenvalue weighted by molar-refractivity contribution is 7.82. The number of rotatable bonds is 3. The minimum Gasteiger partial charge on any atom is -0.286 e. The highest BCUT2D eigenvalue weighted by Gasteiger charge is 1.91. The van der Waals surface area contributed by atoms with E-state index in [0.717, 1.165) is 0 Å². The van der Waals surface area contributed by atoms with E-state index in [1.54, 1.807) is 0 Å². The maximum atomic E-state index is 10.2. The topological polar surface area (TPSA) is 38.3 Å². The normalized spacial score (nSPS) is 14.5. The molecule has 0 saturated carbocycles. The Labute approximate surface area is 52.0 Å².